The molecule has 4 heterocycles. The van der Waals surface area contributed by atoms with Gasteiger partial charge in [0.2, 0.25) is 5.88 Å². The molecule has 43 heavy (non-hydrogen) atoms. The number of aliphatic hydroxyl groups is 1. The van der Waals surface area contributed by atoms with Crippen molar-refractivity contribution in [1.29, 1.82) is 0 Å². The van der Waals surface area contributed by atoms with Crippen LogP contribution in [0.2, 0.25) is 0 Å². The van der Waals surface area contributed by atoms with Crippen LogP contribution in [0.4, 0.5) is 4.79 Å². The Bertz CT molecular complexity index is 1480. The summed E-state index contributed by atoms with van der Waals surface area (Å²) in [4.78, 5) is 20.8. The molecule has 4 aromatic rings. The largest absolute Gasteiger partial charge is 0.493 e. The number of likely N-dealkylation sites (tertiary alicyclic amines) is 2. The maximum Gasteiger partial charge on any atom is 0.414 e. The first-order valence-corrected chi connectivity index (χ1v) is 14.4. The molecule has 10 nitrogen and oxygen atoms in total. The number of hydrogen-bond donors (Lipinski definition) is 3. The molecular formula is C31H40Cl2N4O6. The highest BCUT2D eigenvalue weighted by atomic mass is 35.5. The summed E-state index contributed by atoms with van der Waals surface area (Å²) in [5.74, 6) is 1.73. The van der Waals surface area contributed by atoms with E-state index in [1.165, 1.54) is 0 Å². The highest BCUT2D eigenvalue weighted by Gasteiger charge is 2.23. The van der Waals surface area contributed by atoms with Gasteiger partial charge in [0.25, 0.3) is 0 Å². The van der Waals surface area contributed by atoms with Crippen LogP contribution in [0.15, 0.2) is 53.1 Å². The molecule has 0 bridgehead atoms. The van der Waals surface area contributed by atoms with Gasteiger partial charge in [0.1, 0.15) is 12.4 Å². The predicted octanol–water partition coefficient (Wildman–Crippen LogP) is 5.35. The SMILES string of the molecule is COc1cccc2c(COc3cccc4[nH]c(OC(=O)NC5CCN(CCN6CCC(O)CC6)CC5)cc34)coc12.Cl.Cl. The van der Waals surface area contributed by atoms with E-state index in [4.69, 9.17) is 18.6 Å². The van der Waals surface area contributed by atoms with Crippen molar-refractivity contribution in [3.05, 3.63) is 54.3 Å². The molecule has 3 N–H and O–H groups in total. The van der Waals surface area contributed by atoms with Gasteiger partial charge in [-0.1, -0.05) is 18.2 Å². The molecule has 0 aliphatic carbocycles. The third kappa shape index (κ3) is 7.87. The third-order valence-electron chi connectivity index (χ3n) is 8.25. The number of ether oxygens (including phenoxy) is 3. The molecule has 0 unspecified atom stereocenters. The number of amides is 1. The van der Waals surface area contributed by atoms with Crippen molar-refractivity contribution in [2.75, 3.05) is 46.4 Å². The molecule has 0 spiro atoms. The standard InChI is InChI=1S/C31H38N4O6.2ClH/c1-38-28-7-2-4-24-21(20-40-30(24)28)19-39-27-6-3-5-26-25(27)18-29(33-26)41-31(37)32-22-8-12-34(13-9-22)16-17-35-14-10-23(36)11-15-35;;/h2-7,18,20,22-23,33,36H,8-17,19H2,1H3,(H,32,37);2*1H. The lowest BCUT2D eigenvalue weighted by Gasteiger charge is -2.35. The summed E-state index contributed by atoms with van der Waals surface area (Å²) in [5.41, 5.74) is 2.43. The summed E-state index contributed by atoms with van der Waals surface area (Å²) in [6.45, 7) is 6.23. The van der Waals surface area contributed by atoms with E-state index in [1.54, 1.807) is 19.4 Å². The highest BCUT2D eigenvalue weighted by Crippen LogP contribution is 2.33. The first-order chi connectivity index (χ1) is 20.1. The van der Waals surface area contributed by atoms with Crippen LogP contribution in [0.1, 0.15) is 31.2 Å². The van der Waals surface area contributed by atoms with Crippen molar-refractivity contribution in [2.24, 2.45) is 0 Å². The first kappa shape index (κ1) is 32.8. The summed E-state index contributed by atoms with van der Waals surface area (Å²) in [7, 11) is 1.62. The van der Waals surface area contributed by atoms with Gasteiger partial charge in [-0.05, 0) is 43.9 Å². The average Bonchev–Trinajstić information content (AvgIpc) is 3.60. The third-order valence-corrected chi connectivity index (χ3v) is 8.25. The van der Waals surface area contributed by atoms with Crippen molar-refractivity contribution in [1.82, 2.24) is 20.1 Å². The van der Waals surface area contributed by atoms with Crippen LogP contribution in [0.5, 0.6) is 17.4 Å². The fourth-order valence-electron chi connectivity index (χ4n) is 5.82. The Hall–Kier alpha value is -3.15. The second-order valence-corrected chi connectivity index (χ2v) is 11.0. The molecule has 234 valence electrons. The number of piperidine rings is 2. The predicted molar refractivity (Wildman–Crippen MR) is 170 cm³/mol. The number of para-hydroxylation sites is 1. The first-order valence-electron chi connectivity index (χ1n) is 14.4. The summed E-state index contributed by atoms with van der Waals surface area (Å²) >= 11 is 0. The van der Waals surface area contributed by atoms with Gasteiger partial charge in [-0.25, -0.2) is 4.79 Å². The van der Waals surface area contributed by atoms with Crippen molar-refractivity contribution in [2.45, 2.75) is 44.4 Å². The lowest BCUT2D eigenvalue weighted by atomic mass is 10.1. The van der Waals surface area contributed by atoms with Crippen molar-refractivity contribution >= 4 is 52.8 Å². The number of hydrogen-bond acceptors (Lipinski definition) is 8. The van der Waals surface area contributed by atoms with Crippen LogP contribution < -0.4 is 19.5 Å². The fraction of sp³-hybridized carbons (Fsp3) is 0.452. The number of aromatic amines is 1. The summed E-state index contributed by atoms with van der Waals surface area (Å²) in [6, 6.07) is 13.4. The van der Waals surface area contributed by atoms with Gasteiger partial charge in [-0.2, -0.15) is 0 Å². The lowest BCUT2D eigenvalue weighted by Crippen LogP contribution is -2.47. The van der Waals surface area contributed by atoms with Crippen molar-refractivity contribution < 1.29 is 28.5 Å². The van der Waals surface area contributed by atoms with E-state index >= 15 is 0 Å². The fourth-order valence-corrected chi connectivity index (χ4v) is 5.82. The lowest BCUT2D eigenvalue weighted by molar-refractivity contribution is 0.0739. The summed E-state index contributed by atoms with van der Waals surface area (Å²) in [6.07, 6.45) is 4.64. The molecule has 2 saturated heterocycles. The molecule has 0 radical (unpaired) electrons. The van der Waals surface area contributed by atoms with E-state index in [1.807, 2.05) is 36.4 Å². The zero-order valence-electron chi connectivity index (χ0n) is 24.3. The maximum atomic E-state index is 12.7. The molecule has 0 atom stereocenters. The second-order valence-electron chi connectivity index (χ2n) is 11.0. The molecule has 0 saturated carbocycles. The Morgan fingerprint density at radius 1 is 0.977 bits per heavy atom. The molecule has 12 heteroatoms. The number of methoxy groups -OCH3 is 1. The molecule has 2 aromatic carbocycles. The monoisotopic (exact) mass is 634 g/mol. The Morgan fingerprint density at radius 3 is 2.37 bits per heavy atom. The number of aliphatic hydroxyl groups excluding tert-OH is 1. The highest BCUT2D eigenvalue weighted by molar-refractivity contribution is 5.89. The normalized spacial score (nSPS) is 16.9. The van der Waals surface area contributed by atoms with Gasteiger partial charge in [0.15, 0.2) is 11.3 Å². The number of halogens is 2. The smallest absolute Gasteiger partial charge is 0.414 e. The summed E-state index contributed by atoms with van der Waals surface area (Å²) < 4.78 is 22.9. The molecule has 2 aliphatic heterocycles. The number of fused-ring (bicyclic) bond motifs is 2. The van der Waals surface area contributed by atoms with Crippen LogP contribution in [0.25, 0.3) is 21.9 Å². The number of furan rings is 1. The number of rotatable bonds is 9. The van der Waals surface area contributed by atoms with Crippen LogP contribution in [0.3, 0.4) is 0 Å². The number of benzene rings is 2. The molecule has 2 aromatic heterocycles. The van der Waals surface area contributed by atoms with Crippen LogP contribution in [-0.2, 0) is 6.61 Å². The average molecular weight is 636 g/mol. The number of aromatic nitrogens is 1. The maximum absolute atomic E-state index is 12.7. The zero-order chi connectivity index (χ0) is 28.2. The van der Waals surface area contributed by atoms with E-state index in [-0.39, 0.29) is 37.0 Å². The van der Waals surface area contributed by atoms with Crippen LogP contribution in [0, 0.1) is 0 Å². The Balaban J connectivity index is 0.00000212. The Labute approximate surface area is 263 Å². The van der Waals surface area contributed by atoms with Crippen molar-refractivity contribution in [3.8, 4) is 17.4 Å². The number of nitrogens with one attached hydrogen (secondary N) is 2. The number of carbonyl (C=O) groups excluding carboxylic acids is 1. The van der Waals surface area contributed by atoms with Gasteiger partial charge < -0.3 is 43.8 Å². The van der Waals surface area contributed by atoms with E-state index in [9.17, 15) is 9.90 Å². The van der Waals surface area contributed by atoms with Gasteiger partial charge in [-0.15, -0.1) is 24.8 Å². The van der Waals surface area contributed by atoms with Crippen LogP contribution in [-0.4, -0.2) is 84.5 Å². The van der Waals surface area contributed by atoms with E-state index in [0.717, 1.165) is 86.8 Å². The minimum Gasteiger partial charge on any atom is -0.493 e. The summed E-state index contributed by atoms with van der Waals surface area (Å²) in [5, 5.41) is 14.5. The van der Waals surface area contributed by atoms with E-state index in [2.05, 4.69) is 20.1 Å². The van der Waals surface area contributed by atoms with Gasteiger partial charge in [0, 0.05) is 67.7 Å². The molecule has 2 fully saturated rings. The second kappa shape index (κ2) is 15.0. The van der Waals surface area contributed by atoms with Gasteiger partial charge in [-0.3, -0.25) is 0 Å². The minimum atomic E-state index is -0.455. The quantitative estimate of drug-likeness (QED) is 0.226. The minimum absolute atomic E-state index is 0. The van der Waals surface area contributed by atoms with E-state index in [0.29, 0.717) is 29.6 Å². The van der Waals surface area contributed by atoms with Crippen molar-refractivity contribution in [3.63, 3.8) is 0 Å². The van der Waals surface area contributed by atoms with Crippen LogP contribution >= 0.6 is 24.8 Å². The molecular weight excluding hydrogens is 595 g/mol. The van der Waals surface area contributed by atoms with E-state index < -0.39 is 6.09 Å². The molecule has 6 rings (SSSR count). The number of nitrogens with zero attached hydrogens (tertiary/aromatic N) is 2. The Kier molecular flexibility index (Phi) is 11.5. The van der Waals surface area contributed by atoms with Gasteiger partial charge in [0.05, 0.1) is 25.0 Å². The Morgan fingerprint density at radius 2 is 1.65 bits per heavy atom. The molecule has 2 aliphatic rings. The number of carbonyl (C=O) groups is 1. The molecule has 1 amide bonds. The number of H-pyrrole nitrogens is 1. The van der Waals surface area contributed by atoms with Gasteiger partial charge >= 0.3 is 6.09 Å². The zero-order valence-corrected chi connectivity index (χ0v) is 25.9. The topological polar surface area (TPSA) is 112 Å².